The van der Waals surface area contributed by atoms with Crippen LogP contribution in [0.4, 0.5) is 18.0 Å². The van der Waals surface area contributed by atoms with Gasteiger partial charge in [-0.1, -0.05) is 0 Å². The number of nitrogens with one attached hydrogen (secondary N) is 1. The van der Waals surface area contributed by atoms with Gasteiger partial charge in [0.1, 0.15) is 23.7 Å². The van der Waals surface area contributed by atoms with E-state index in [1.807, 2.05) is 9.80 Å². The lowest BCUT2D eigenvalue weighted by atomic mass is 9.56. The molecule has 1 N–H and O–H groups in total. The predicted octanol–water partition coefficient (Wildman–Crippen LogP) is 3.75. The summed E-state index contributed by atoms with van der Waals surface area (Å²) < 4.78 is 38.6. The predicted molar refractivity (Wildman–Crippen MR) is 117 cm³/mol. The summed E-state index contributed by atoms with van der Waals surface area (Å²) in [5.74, 6) is 3.40. The molecule has 2 aromatic rings. The van der Waals surface area contributed by atoms with Gasteiger partial charge in [-0.05, 0) is 56.9 Å². The molecule has 5 aliphatic rings. The Labute approximate surface area is 200 Å². The molecule has 0 radical (unpaired) electrons. The number of likely N-dealkylation sites (tertiary alicyclic amines) is 2. The maximum absolute atomic E-state index is 12.9. The van der Waals surface area contributed by atoms with Crippen LogP contribution in [0.3, 0.4) is 0 Å². The Morgan fingerprint density at radius 3 is 2.14 bits per heavy atom. The monoisotopic (exact) mass is 487 g/mol. The molecule has 3 aliphatic carbocycles. The van der Waals surface area contributed by atoms with Crippen LogP contribution in [-0.2, 0) is 12.6 Å². The fraction of sp³-hybridized carbons (Fsp3) is 0.708. The van der Waals surface area contributed by atoms with Crippen molar-refractivity contribution in [3.05, 3.63) is 35.4 Å². The average molecular weight is 488 g/mol. The number of carbonyl (C=O) groups is 1. The van der Waals surface area contributed by atoms with Gasteiger partial charge in [0.25, 0.3) is 0 Å². The first kappa shape index (κ1) is 21.6. The van der Waals surface area contributed by atoms with Gasteiger partial charge in [0.2, 0.25) is 0 Å². The Kier molecular flexibility index (Phi) is 4.41. The molecule has 0 bridgehead atoms. The van der Waals surface area contributed by atoms with Crippen LogP contribution in [0.15, 0.2) is 12.4 Å². The van der Waals surface area contributed by atoms with E-state index in [0.717, 1.165) is 75.9 Å². The quantitative estimate of drug-likeness (QED) is 0.710. The van der Waals surface area contributed by atoms with Gasteiger partial charge in [0.15, 0.2) is 0 Å². The number of aromatic nitrogens is 5. The van der Waals surface area contributed by atoms with Crippen molar-refractivity contribution in [2.45, 2.75) is 63.0 Å². The van der Waals surface area contributed by atoms with Gasteiger partial charge in [-0.2, -0.15) is 13.2 Å². The summed E-state index contributed by atoms with van der Waals surface area (Å²) in [6, 6.07) is 1.19. The van der Waals surface area contributed by atoms with E-state index in [-0.39, 0.29) is 16.9 Å². The van der Waals surface area contributed by atoms with Gasteiger partial charge in [0, 0.05) is 54.5 Å². The minimum Gasteiger partial charge on any atom is -0.328 e. The van der Waals surface area contributed by atoms with E-state index in [2.05, 4.69) is 25.1 Å². The molecule has 0 unspecified atom stereocenters. The molecule has 186 valence electrons. The molecule has 3 saturated carbocycles. The van der Waals surface area contributed by atoms with Crippen molar-refractivity contribution in [2.24, 2.45) is 16.7 Å². The first-order valence-electron chi connectivity index (χ1n) is 12.5. The van der Waals surface area contributed by atoms with E-state index in [0.29, 0.717) is 29.9 Å². The first-order valence-corrected chi connectivity index (χ1v) is 12.5. The summed E-state index contributed by atoms with van der Waals surface area (Å²) in [5.41, 5.74) is -0.0382. The number of H-pyrrole nitrogens is 1. The molecule has 7 rings (SSSR count). The first-order chi connectivity index (χ1) is 16.7. The minimum absolute atomic E-state index is 0.134. The molecular formula is C24H28F3N7O. The number of aromatic amines is 1. The van der Waals surface area contributed by atoms with Crippen molar-refractivity contribution < 1.29 is 18.0 Å². The molecule has 2 saturated heterocycles. The molecule has 2 amide bonds. The number of alkyl halides is 3. The number of nitrogens with zero attached hydrogens (tertiary/aromatic N) is 6. The Morgan fingerprint density at radius 2 is 1.54 bits per heavy atom. The Balaban J connectivity index is 0.851. The fourth-order valence-corrected chi connectivity index (χ4v) is 6.98. The molecular weight excluding hydrogens is 459 g/mol. The third-order valence-electron chi connectivity index (χ3n) is 8.83. The number of carbonyl (C=O) groups excluding carboxylic acids is 1. The highest BCUT2D eigenvalue weighted by Crippen LogP contribution is 2.57. The molecule has 11 heteroatoms. The van der Waals surface area contributed by atoms with Crippen LogP contribution < -0.4 is 0 Å². The zero-order chi connectivity index (χ0) is 24.0. The summed E-state index contributed by atoms with van der Waals surface area (Å²) in [7, 11) is 0. The third kappa shape index (κ3) is 3.69. The standard InChI is InChI=1S/C24H28F3N7O/c25-24(26,27)18-4-17(28-13-29-18)3-14-5-22(6-14)9-33(10-22)21(35)34-11-23(12-34)7-16(8-23)20-30-19(31-32-20)15-1-2-15/h4,13-16H,1-3,5-12H2,(H,30,31,32). The SMILES string of the molecule is O=C(N1CC2(CC(Cc3cc(C(F)(F)F)ncn3)C2)C1)N1CC2(CC(c3nnc(C4CC4)[nH]3)C2)C1. The molecule has 0 atom stereocenters. The summed E-state index contributed by atoms with van der Waals surface area (Å²) in [4.78, 5) is 27.6. The highest BCUT2D eigenvalue weighted by Gasteiger charge is 2.58. The Morgan fingerprint density at radius 1 is 0.943 bits per heavy atom. The van der Waals surface area contributed by atoms with E-state index in [9.17, 15) is 18.0 Å². The second-order valence-electron chi connectivity index (χ2n) is 11.8. The zero-order valence-corrected chi connectivity index (χ0v) is 19.4. The summed E-state index contributed by atoms with van der Waals surface area (Å²) >= 11 is 0. The second-order valence-corrected chi connectivity index (χ2v) is 11.8. The largest absolute Gasteiger partial charge is 0.433 e. The number of hydrogen-bond donors (Lipinski definition) is 1. The van der Waals surface area contributed by atoms with Crippen LogP contribution in [-0.4, -0.2) is 67.2 Å². The topological polar surface area (TPSA) is 90.9 Å². The van der Waals surface area contributed by atoms with Gasteiger partial charge in [-0.15, -0.1) is 10.2 Å². The molecule has 4 heterocycles. The Bertz CT molecular complexity index is 1150. The average Bonchev–Trinajstić information content (AvgIpc) is 3.44. The number of amides is 2. The van der Waals surface area contributed by atoms with Gasteiger partial charge in [-0.3, -0.25) is 0 Å². The van der Waals surface area contributed by atoms with Crippen LogP contribution in [0.2, 0.25) is 0 Å². The van der Waals surface area contributed by atoms with E-state index in [1.54, 1.807) is 0 Å². The van der Waals surface area contributed by atoms with Crippen molar-refractivity contribution in [1.29, 1.82) is 0 Å². The highest BCUT2D eigenvalue weighted by molar-refractivity contribution is 5.77. The van der Waals surface area contributed by atoms with Crippen LogP contribution in [0.1, 0.15) is 73.4 Å². The van der Waals surface area contributed by atoms with E-state index in [1.165, 1.54) is 12.8 Å². The number of rotatable bonds is 4. The number of halogens is 3. The van der Waals surface area contributed by atoms with E-state index < -0.39 is 11.9 Å². The highest BCUT2D eigenvalue weighted by atomic mass is 19.4. The summed E-state index contributed by atoms with van der Waals surface area (Å²) in [6.07, 6.45) is 3.52. The summed E-state index contributed by atoms with van der Waals surface area (Å²) in [5, 5.41) is 8.65. The molecule has 0 aromatic carbocycles. The molecule has 2 spiro atoms. The van der Waals surface area contributed by atoms with Crippen LogP contribution in [0.25, 0.3) is 0 Å². The molecule has 2 aliphatic heterocycles. The van der Waals surface area contributed by atoms with Crippen LogP contribution >= 0.6 is 0 Å². The Hall–Kier alpha value is -2.72. The van der Waals surface area contributed by atoms with Gasteiger partial charge in [0.05, 0.1) is 0 Å². The maximum atomic E-state index is 12.9. The minimum atomic E-state index is -4.45. The lowest BCUT2D eigenvalue weighted by Gasteiger charge is -2.63. The molecule has 8 nitrogen and oxygen atoms in total. The zero-order valence-electron chi connectivity index (χ0n) is 19.4. The third-order valence-corrected chi connectivity index (χ3v) is 8.83. The lowest BCUT2D eigenvalue weighted by molar-refractivity contribution is -0.141. The maximum Gasteiger partial charge on any atom is 0.433 e. The van der Waals surface area contributed by atoms with E-state index in [4.69, 9.17) is 0 Å². The van der Waals surface area contributed by atoms with Crippen molar-refractivity contribution >= 4 is 6.03 Å². The van der Waals surface area contributed by atoms with Crippen molar-refractivity contribution in [2.75, 3.05) is 26.2 Å². The van der Waals surface area contributed by atoms with Gasteiger partial charge < -0.3 is 14.8 Å². The van der Waals surface area contributed by atoms with Crippen LogP contribution in [0, 0.1) is 16.7 Å². The smallest absolute Gasteiger partial charge is 0.328 e. The van der Waals surface area contributed by atoms with Gasteiger partial charge in [-0.25, -0.2) is 14.8 Å². The van der Waals surface area contributed by atoms with Gasteiger partial charge >= 0.3 is 12.2 Å². The number of urea groups is 1. The van der Waals surface area contributed by atoms with E-state index >= 15 is 0 Å². The molecule has 35 heavy (non-hydrogen) atoms. The molecule has 2 aromatic heterocycles. The number of hydrogen-bond acceptors (Lipinski definition) is 5. The molecule has 5 fully saturated rings. The fourth-order valence-electron chi connectivity index (χ4n) is 6.98. The normalized spacial score (nSPS) is 25.2. The summed E-state index contributed by atoms with van der Waals surface area (Å²) in [6.45, 7) is 3.17. The van der Waals surface area contributed by atoms with Crippen molar-refractivity contribution in [3.8, 4) is 0 Å². The van der Waals surface area contributed by atoms with Crippen molar-refractivity contribution in [3.63, 3.8) is 0 Å². The van der Waals surface area contributed by atoms with Crippen molar-refractivity contribution in [1.82, 2.24) is 34.9 Å². The van der Waals surface area contributed by atoms with Crippen LogP contribution in [0.5, 0.6) is 0 Å². The second kappa shape index (κ2) is 7.16. The lowest BCUT2D eigenvalue weighted by Crippen LogP contribution is -2.71.